The van der Waals surface area contributed by atoms with Crippen molar-refractivity contribution in [1.82, 2.24) is 0 Å². The van der Waals surface area contributed by atoms with Crippen LogP contribution >= 0.6 is 0 Å². The summed E-state index contributed by atoms with van der Waals surface area (Å²) in [6.45, 7) is -0.130. The lowest BCUT2D eigenvalue weighted by Gasteiger charge is -2.21. The first-order valence-electron chi connectivity index (χ1n) is 7.42. The van der Waals surface area contributed by atoms with E-state index in [1.165, 1.54) is 0 Å². The van der Waals surface area contributed by atoms with Gasteiger partial charge in [0.1, 0.15) is 18.1 Å². The Bertz CT molecular complexity index is 880. The van der Waals surface area contributed by atoms with Crippen molar-refractivity contribution < 1.29 is 14.3 Å². The van der Waals surface area contributed by atoms with E-state index in [-0.39, 0.29) is 12.4 Å². The number of hydrogen-bond acceptors (Lipinski definition) is 3. The maximum absolute atomic E-state index is 12.7. The van der Waals surface area contributed by atoms with Crippen LogP contribution in [-0.2, 0) is 6.61 Å². The molecule has 0 aliphatic heterocycles. The molecule has 1 aromatic heterocycles. The quantitative estimate of drug-likeness (QED) is 0.611. The van der Waals surface area contributed by atoms with Crippen LogP contribution in [-0.4, -0.2) is 10.9 Å². The summed E-state index contributed by atoms with van der Waals surface area (Å²) in [4.78, 5) is 12.7. The van der Waals surface area contributed by atoms with Crippen molar-refractivity contribution >= 4 is 17.4 Å². The van der Waals surface area contributed by atoms with E-state index >= 15 is 0 Å². The van der Waals surface area contributed by atoms with Crippen LogP contribution in [0.1, 0.15) is 38.6 Å². The average molecular weight is 302 g/mol. The lowest BCUT2D eigenvalue weighted by Crippen LogP contribution is -2.14. The molecule has 3 nitrogen and oxygen atoms in total. The highest BCUT2D eigenvalue weighted by Gasteiger charge is 2.26. The number of hydrogen-bond donors (Lipinski definition) is 1. The van der Waals surface area contributed by atoms with Gasteiger partial charge in [0.05, 0.1) is 0 Å². The fourth-order valence-electron chi connectivity index (χ4n) is 2.98. The molecule has 0 saturated carbocycles. The van der Waals surface area contributed by atoms with Crippen LogP contribution in [0, 0.1) is 0 Å². The van der Waals surface area contributed by atoms with Gasteiger partial charge in [0.25, 0.3) is 0 Å². The standard InChI is InChI=1S/C20H14O3/c21-12-14-10-9-13(23-14)11-19-15-5-1-3-7-17(15)20(22)18-8-4-2-6-16(18)19/h1-11,21H,12H2. The minimum Gasteiger partial charge on any atom is -0.459 e. The van der Waals surface area contributed by atoms with Crippen LogP contribution in [0.25, 0.3) is 11.6 Å². The van der Waals surface area contributed by atoms with Crippen molar-refractivity contribution in [2.24, 2.45) is 0 Å². The van der Waals surface area contributed by atoms with Crippen LogP contribution < -0.4 is 0 Å². The van der Waals surface area contributed by atoms with E-state index in [9.17, 15) is 4.79 Å². The molecule has 1 aliphatic rings. The molecule has 0 bridgehead atoms. The molecule has 0 saturated heterocycles. The van der Waals surface area contributed by atoms with Gasteiger partial charge in [-0.25, -0.2) is 0 Å². The highest BCUT2D eigenvalue weighted by molar-refractivity contribution is 6.20. The Hall–Kier alpha value is -2.91. The molecule has 112 valence electrons. The first-order chi connectivity index (χ1) is 11.3. The van der Waals surface area contributed by atoms with Crippen molar-refractivity contribution in [3.05, 3.63) is 94.4 Å². The van der Waals surface area contributed by atoms with E-state index < -0.39 is 0 Å². The zero-order chi connectivity index (χ0) is 15.8. The number of aliphatic hydroxyl groups is 1. The maximum Gasteiger partial charge on any atom is 0.194 e. The van der Waals surface area contributed by atoms with Gasteiger partial charge in [0.2, 0.25) is 0 Å². The first kappa shape index (κ1) is 13.7. The lowest BCUT2D eigenvalue weighted by atomic mass is 9.81. The Balaban J connectivity index is 1.96. The van der Waals surface area contributed by atoms with Crippen LogP contribution in [0.4, 0.5) is 0 Å². The molecule has 0 amide bonds. The smallest absolute Gasteiger partial charge is 0.194 e. The van der Waals surface area contributed by atoms with Gasteiger partial charge in [-0.2, -0.15) is 0 Å². The molecule has 0 radical (unpaired) electrons. The minimum atomic E-state index is -0.130. The van der Waals surface area contributed by atoms with Crippen molar-refractivity contribution in [2.75, 3.05) is 0 Å². The summed E-state index contributed by atoms with van der Waals surface area (Å²) in [5.74, 6) is 1.22. The zero-order valence-electron chi connectivity index (χ0n) is 12.3. The summed E-state index contributed by atoms with van der Waals surface area (Å²) in [5.41, 5.74) is 4.16. The van der Waals surface area contributed by atoms with Crippen LogP contribution in [0.2, 0.25) is 0 Å². The zero-order valence-corrected chi connectivity index (χ0v) is 12.3. The number of carbonyl (C=O) groups excluding carboxylic acids is 1. The maximum atomic E-state index is 12.7. The SMILES string of the molecule is O=C1c2ccccc2C(=Cc2ccc(CO)o2)c2ccccc21. The van der Waals surface area contributed by atoms with Crippen LogP contribution in [0.15, 0.2) is 65.1 Å². The van der Waals surface area contributed by atoms with Crippen LogP contribution in [0.3, 0.4) is 0 Å². The van der Waals surface area contributed by atoms with E-state index in [0.29, 0.717) is 22.6 Å². The third kappa shape index (κ3) is 2.22. The largest absolute Gasteiger partial charge is 0.459 e. The number of ketones is 1. The first-order valence-corrected chi connectivity index (χ1v) is 7.42. The van der Waals surface area contributed by atoms with Gasteiger partial charge >= 0.3 is 0 Å². The molecule has 3 aromatic rings. The van der Waals surface area contributed by atoms with Crippen LogP contribution in [0.5, 0.6) is 0 Å². The van der Waals surface area contributed by atoms with Crippen molar-refractivity contribution in [3.63, 3.8) is 0 Å². The molecule has 23 heavy (non-hydrogen) atoms. The predicted octanol–water partition coefficient (Wildman–Crippen LogP) is 3.91. The second kappa shape index (κ2) is 5.38. The predicted molar refractivity (Wildman–Crippen MR) is 87.9 cm³/mol. The molecule has 3 heteroatoms. The summed E-state index contributed by atoms with van der Waals surface area (Å²) in [6.07, 6.45) is 1.92. The molecule has 0 spiro atoms. The van der Waals surface area contributed by atoms with Crippen molar-refractivity contribution in [3.8, 4) is 0 Å². The third-order valence-corrected chi connectivity index (χ3v) is 4.05. The van der Waals surface area contributed by atoms with E-state index in [1.807, 2.05) is 60.7 Å². The van der Waals surface area contributed by atoms with E-state index in [1.54, 1.807) is 6.07 Å². The number of fused-ring (bicyclic) bond motifs is 2. The fraction of sp³-hybridized carbons (Fsp3) is 0.0500. The lowest BCUT2D eigenvalue weighted by molar-refractivity contribution is 0.103. The van der Waals surface area contributed by atoms with Gasteiger partial charge in [-0.15, -0.1) is 0 Å². The molecule has 1 aliphatic carbocycles. The summed E-state index contributed by atoms with van der Waals surface area (Å²) >= 11 is 0. The number of rotatable bonds is 2. The highest BCUT2D eigenvalue weighted by atomic mass is 16.4. The van der Waals surface area contributed by atoms with E-state index in [4.69, 9.17) is 9.52 Å². The van der Waals surface area contributed by atoms with Gasteiger partial charge in [-0.1, -0.05) is 48.5 Å². The Morgan fingerprint density at radius 3 is 1.91 bits per heavy atom. The topological polar surface area (TPSA) is 50.4 Å². The van der Waals surface area contributed by atoms with E-state index in [0.717, 1.165) is 16.7 Å². The normalized spacial score (nSPS) is 12.7. The second-order valence-electron chi connectivity index (χ2n) is 5.44. The third-order valence-electron chi connectivity index (χ3n) is 4.05. The molecule has 0 fully saturated rings. The van der Waals surface area contributed by atoms with Gasteiger partial charge in [-0.3, -0.25) is 4.79 Å². The molecule has 2 aromatic carbocycles. The summed E-state index contributed by atoms with van der Waals surface area (Å²) in [5, 5.41) is 9.15. The van der Waals surface area contributed by atoms with Gasteiger partial charge < -0.3 is 9.52 Å². The van der Waals surface area contributed by atoms with E-state index in [2.05, 4.69) is 0 Å². The van der Waals surface area contributed by atoms with Crippen molar-refractivity contribution in [1.29, 1.82) is 0 Å². The molecule has 0 atom stereocenters. The molecule has 4 rings (SSSR count). The van der Waals surface area contributed by atoms with Gasteiger partial charge in [-0.05, 0) is 34.9 Å². The molecular formula is C20H14O3. The summed E-state index contributed by atoms with van der Waals surface area (Å²) in [7, 11) is 0. The molecule has 1 N–H and O–H groups in total. The average Bonchev–Trinajstić information content (AvgIpc) is 3.06. The number of carbonyl (C=O) groups is 1. The molecule has 1 heterocycles. The number of furan rings is 1. The van der Waals surface area contributed by atoms with Gasteiger partial charge in [0, 0.05) is 11.1 Å². The monoisotopic (exact) mass is 302 g/mol. The van der Waals surface area contributed by atoms with Gasteiger partial charge in [0.15, 0.2) is 5.78 Å². The summed E-state index contributed by atoms with van der Waals surface area (Å²) < 4.78 is 5.58. The Morgan fingerprint density at radius 1 is 0.826 bits per heavy atom. The highest BCUT2D eigenvalue weighted by Crippen LogP contribution is 2.37. The Morgan fingerprint density at radius 2 is 1.39 bits per heavy atom. The Labute approximate surface area is 133 Å². The number of aliphatic hydroxyl groups excluding tert-OH is 1. The summed E-state index contributed by atoms with van der Waals surface area (Å²) in [6, 6.07) is 18.8. The molecular weight excluding hydrogens is 288 g/mol. The van der Waals surface area contributed by atoms with Crippen molar-refractivity contribution in [2.45, 2.75) is 6.61 Å². The minimum absolute atomic E-state index is 0.0452. The molecule has 0 unspecified atom stereocenters. The Kier molecular flexibility index (Phi) is 3.21. The second-order valence-corrected chi connectivity index (χ2v) is 5.44. The fourth-order valence-corrected chi connectivity index (χ4v) is 2.98. The number of benzene rings is 2.